The summed E-state index contributed by atoms with van der Waals surface area (Å²) in [5.74, 6) is 2.20. The predicted molar refractivity (Wildman–Crippen MR) is 75.8 cm³/mol. The summed E-state index contributed by atoms with van der Waals surface area (Å²) in [6, 6.07) is 4.42. The lowest BCUT2D eigenvalue weighted by Gasteiger charge is -2.36. The molecule has 2 atom stereocenters. The summed E-state index contributed by atoms with van der Waals surface area (Å²) >= 11 is 0. The van der Waals surface area contributed by atoms with Crippen LogP contribution in [0.5, 0.6) is 5.75 Å². The van der Waals surface area contributed by atoms with E-state index < -0.39 is 0 Å². The molecule has 1 heterocycles. The molecule has 2 unspecified atom stereocenters. The lowest BCUT2D eigenvalue weighted by Crippen LogP contribution is -2.28. The Morgan fingerprint density at radius 1 is 1.11 bits per heavy atom. The van der Waals surface area contributed by atoms with Crippen molar-refractivity contribution in [3.8, 4) is 5.75 Å². The van der Waals surface area contributed by atoms with Gasteiger partial charge in [-0.1, -0.05) is 36.8 Å². The lowest BCUT2D eigenvalue weighted by molar-refractivity contribution is 0.237. The first kappa shape index (κ1) is 11.6. The third-order valence-corrected chi connectivity index (χ3v) is 4.64. The van der Waals surface area contributed by atoms with Crippen molar-refractivity contribution in [3.63, 3.8) is 0 Å². The maximum Gasteiger partial charge on any atom is 0.129 e. The van der Waals surface area contributed by atoms with Crippen molar-refractivity contribution in [2.24, 2.45) is 11.8 Å². The van der Waals surface area contributed by atoms with Crippen LogP contribution in [0.4, 0.5) is 0 Å². The van der Waals surface area contributed by atoms with Gasteiger partial charge in [0.05, 0.1) is 6.61 Å². The first-order valence-corrected chi connectivity index (χ1v) is 6.71. The summed E-state index contributed by atoms with van der Waals surface area (Å²) in [5, 5.41) is 0. The molecule has 0 spiro atoms. The minimum absolute atomic E-state index is 0.518. The second kappa shape index (κ2) is 4.01. The van der Waals surface area contributed by atoms with Gasteiger partial charge in [-0.05, 0) is 43.4 Å². The fourth-order valence-corrected chi connectivity index (χ4v) is 2.98. The van der Waals surface area contributed by atoms with E-state index in [2.05, 4.69) is 52.0 Å². The predicted octanol–water partition coefficient (Wildman–Crippen LogP) is 4.29. The van der Waals surface area contributed by atoms with E-state index in [4.69, 9.17) is 4.74 Å². The monoisotopic (exact) mass is 240 g/mol. The fourth-order valence-electron chi connectivity index (χ4n) is 2.98. The van der Waals surface area contributed by atoms with Gasteiger partial charge in [-0.2, -0.15) is 0 Å². The molecule has 1 aliphatic heterocycles. The Kier molecular flexibility index (Phi) is 2.58. The number of fused-ring (bicyclic) bond motifs is 3. The maximum atomic E-state index is 6.06. The summed E-state index contributed by atoms with van der Waals surface area (Å²) in [6.07, 6.45) is 4.55. The molecule has 0 radical (unpaired) electrons. The molecular weight excluding hydrogens is 220 g/mol. The second-order valence-corrected chi connectivity index (χ2v) is 5.62. The van der Waals surface area contributed by atoms with Crippen LogP contribution in [0, 0.1) is 25.7 Å². The molecule has 94 valence electrons. The molecule has 0 saturated heterocycles. The molecule has 2 aliphatic rings. The number of allylic oxidation sites excluding steroid dienone is 3. The van der Waals surface area contributed by atoms with Crippen LogP contribution < -0.4 is 4.74 Å². The molecule has 1 aromatic rings. The molecule has 0 fully saturated rings. The third kappa shape index (κ3) is 1.53. The zero-order valence-corrected chi connectivity index (χ0v) is 11.6. The van der Waals surface area contributed by atoms with E-state index in [-0.39, 0.29) is 0 Å². The van der Waals surface area contributed by atoms with E-state index in [0.29, 0.717) is 11.8 Å². The molecule has 1 aliphatic carbocycles. The van der Waals surface area contributed by atoms with Gasteiger partial charge >= 0.3 is 0 Å². The van der Waals surface area contributed by atoms with Crippen LogP contribution in [0.15, 0.2) is 29.9 Å². The minimum Gasteiger partial charge on any atom is -0.492 e. The van der Waals surface area contributed by atoms with E-state index in [1.807, 2.05) is 0 Å². The topological polar surface area (TPSA) is 9.23 Å². The quantitative estimate of drug-likeness (QED) is 0.657. The van der Waals surface area contributed by atoms with Gasteiger partial charge in [0.1, 0.15) is 5.75 Å². The summed E-state index contributed by atoms with van der Waals surface area (Å²) in [7, 11) is 0. The molecule has 18 heavy (non-hydrogen) atoms. The van der Waals surface area contributed by atoms with E-state index >= 15 is 0 Å². The van der Waals surface area contributed by atoms with Gasteiger partial charge in [-0.15, -0.1) is 0 Å². The van der Waals surface area contributed by atoms with Crippen LogP contribution in [-0.2, 0) is 0 Å². The molecular formula is C17H20O. The van der Waals surface area contributed by atoms with Crippen molar-refractivity contribution in [2.75, 3.05) is 6.61 Å². The zero-order valence-electron chi connectivity index (χ0n) is 11.6. The SMILES string of the molecule is CC1=CC=C2c3ccc(C)c(C)c3OCC2C1C. The highest BCUT2D eigenvalue weighted by Gasteiger charge is 2.32. The highest BCUT2D eigenvalue weighted by molar-refractivity contribution is 5.78. The summed E-state index contributed by atoms with van der Waals surface area (Å²) < 4.78 is 6.06. The maximum absolute atomic E-state index is 6.06. The van der Waals surface area contributed by atoms with Gasteiger partial charge in [0.25, 0.3) is 0 Å². The summed E-state index contributed by atoms with van der Waals surface area (Å²) in [5.41, 5.74) is 6.80. The highest BCUT2D eigenvalue weighted by atomic mass is 16.5. The Bertz CT molecular complexity index is 563. The first-order chi connectivity index (χ1) is 8.59. The molecule has 0 N–H and O–H groups in total. The second-order valence-electron chi connectivity index (χ2n) is 5.62. The van der Waals surface area contributed by atoms with E-state index in [1.54, 1.807) is 0 Å². The molecule has 1 heteroatoms. The molecule has 0 aromatic heterocycles. The van der Waals surface area contributed by atoms with Crippen molar-refractivity contribution in [1.82, 2.24) is 0 Å². The number of aryl methyl sites for hydroxylation is 1. The average molecular weight is 240 g/mol. The van der Waals surface area contributed by atoms with Gasteiger partial charge in [0.15, 0.2) is 0 Å². The smallest absolute Gasteiger partial charge is 0.129 e. The Morgan fingerprint density at radius 3 is 2.67 bits per heavy atom. The van der Waals surface area contributed by atoms with Crippen molar-refractivity contribution >= 4 is 5.57 Å². The number of ether oxygens (including phenoxy) is 1. The highest BCUT2D eigenvalue weighted by Crippen LogP contribution is 2.45. The van der Waals surface area contributed by atoms with E-state index in [1.165, 1.54) is 27.8 Å². The van der Waals surface area contributed by atoms with E-state index in [9.17, 15) is 0 Å². The standard InChI is InChI=1S/C17H20O/c1-10-5-7-14-15-8-6-11(2)13(4)17(15)18-9-16(14)12(10)3/h5-8,12,16H,9H2,1-4H3. The minimum atomic E-state index is 0.518. The van der Waals surface area contributed by atoms with Crippen molar-refractivity contribution in [1.29, 1.82) is 0 Å². The first-order valence-electron chi connectivity index (χ1n) is 6.71. The molecule has 3 rings (SSSR count). The zero-order chi connectivity index (χ0) is 12.9. The Labute approximate surface area is 109 Å². The number of rotatable bonds is 0. The van der Waals surface area contributed by atoms with Gasteiger partial charge in [-0.3, -0.25) is 0 Å². The van der Waals surface area contributed by atoms with Crippen molar-refractivity contribution < 1.29 is 4.74 Å². The van der Waals surface area contributed by atoms with Crippen LogP contribution in [-0.4, -0.2) is 6.61 Å². The Morgan fingerprint density at radius 2 is 1.89 bits per heavy atom. The van der Waals surface area contributed by atoms with Crippen LogP contribution in [0.2, 0.25) is 0 Å². The van der Waals surface area contributed by atoms with E-state index in [0.717, 1.165) is 12.4 Å². The van der Waals surface area contributed by atoms with Crippen LogP contribution in [0.25, 0.3) is 5.57 Å². The fraction of sp³-hybridized carbons (Fsp3) is 0.412. The van der Waals surface area contributed by atoms with Gasteiger partial charge < -0.3 is 4.74 Å². The van der Waals surface area contributed by atoms with Crippen LogP contribution >= 0.6 is 0 Å². The van der Waals surface area contributed by atoms with Crippen molar-refractivity contribution in [2.45, 2.75) is 27.7 Å². The average Bonchev–Trinajstić information content (AvgIpc) is 2.38. The largest absolute Gasteiger partial charge is 0.492 e. The Balaban J connectivity index is 2.17. The van der Waals surface area contributed by atoms with Crippen LogP contribution in [0.1, 0.15) is 30.5 Å². The molecule has 1 nitrogen and oxygen atoms in total. The lowest BCUT2D eigenvalue weighted by atomic mass is 9.75. The molecule has 0 bridgehead atoms. The van der Waals surface area contributed by atoms with Crippen LogP contribution in [0.3, 0.4) is 0 Å². The Hall–Kier alpha value is -1.50. The number of benzene rings is 1. The molecule has 0 saturated carbocycles. The van der Waals surface area contributed by atoms with Gasteiger partial charge in [0, 0.05) is 11.5 Å². The summed E-state index contributed by atoms with van der Waals surface area (Å²) in [6.45, 7) is 9.64. The summed E-state index contributed by atoms with van der Waals surface area (Å²) in [4.78, 5) is 0. The molecule has 1 aromatic carbocycles. The van der Waals surface area contributed by atoms with Gasteiger partial charge in [0.2, 0.25) is 0 Å². The number of hydrogen-bond donors (Lipinski definition) is 0. The van der Waals surface area contributed by atoms with Crippen molar-refractivity contribution in [3.05, 3.63) is 46.5 Å². The number of hydrogen-bond acceptors (Lipinski definition) is 1. The van der Waals surface area contributed by atoms with Gasteiger partial charge in [-0.25, -0.2) is 0 Å². The normalized spacial score (nSPS) is 25.6. The molecule has 0 amide bonds. The third-order valence-electron chi connectivity index (χ3n) is 4.64.